The van der Waals surface area contributed by atoms with Gasteiger partial charge in [-0.15, -0.1) is 0 Å². The molecule has 11 aromatic rings. The van der Waals surface area contributed by atoms with E-state index >= 15 is 0 Å². The minimum atomic E-state index is 1.09. The van der Waals surface area contributed by atoms with Gasteiger partial charge in [0.05, 0.1) is 0 Å². The lowest BCUT2D eigenvalue weighted by Crippen LogP contribution is -2.10. The van der Waals surface area contributed by atoms with E-state index in [1.807, 2.05) is 12.1 Å². The summed E-state index contributed by atoms with van der Waals surface area (Å²) in [5, 5.41) is 0. The Labute approximate surface area is 429 Å². The van der Waals surface area contributed by atoms with Gasteiger partial charge in [-0.3, -0.25) is 0 Å². The summed E-state index contributed by atoms with van der Waals surface area (Å²) in [6, 6.07) is 106. The van der Waals surface area contributed by atoms with E-state index in [0.29, 0.717) is 0 Å². The van der Waals surface area contributed by atoms with Gasteiger partial charge in [0.15, 0.2) is 0 Å². The van der Waals surface area contributed by atoms with Crippen molar-refractivity contribution >= 4 is 75.5 Å². The summed E-state index contributed by atoms with van der Waals surface area (Å²) in [5.74, 6) is 0. The summed E-state index contributed by atoms with van der Waals surface area (Å²) in [5.41, 5.74) is 19.2. The lowest BCUT2D eigenvalue weighted by molar-refractivity contribution is 1.28. The molecule has 3 heteroatoms. The zero-order valence-electron chi connectivity index (χ0n) is 40.4. The number of hydrogen-bond acceptors (Lipinski definition) is 3. The number of benzene rings is 11. The fourth-order valence-electron chi connectivity index (χ4n) is 9.27. The van der Waals surface area contributed by atoms with Crippen LogP contribution in [-0.2, 0) is 0 Å². The van der Waals surface area contributed by atoms with Crippen molar-refractivity contribution in [1.82, 2.24) is 0 Å². The van der Waals surface area contributed by atoms with Crippen LogP contribution in [0.25, 0.3) is 46.6 Å². The van der Waals surface area contributed by atoms with E-state index in [4.69, 9.17) is 0 Å². The second-order valence-electron chi connectivity index (χ2n) is 17.9. The molecule has 348 valence electrons. The predicted molar refractivity (Wildman–Crippen MR) is 312 cm³/mol. The molecule has 0 aromatic heterocycles. The Morgan fingerprint density at radius 1 is 0.151 bits per heavy atom. The minimum absolute atomic E-state index is 1.09. The lowest BCUT2D eigenvalue weighted by Gasteiger charge is -2.26. The SMILES string of the molecule is C(=Cc1ccc(N(c2ccccc2)c2ccc(-c3ccc(N(c4ccccc4)c4ccc(-c5ccc(N(c6ccccc6)c6ccc(/C=C\c7ccccc7)cc6)cc5)cc4)cc3)cc2)cc1)c1ccccc1. The Hall–Kier alpha value is -9.70. The molecule has 0 amide bonds. The maximum absolute atomic E-state index is 2.32. The zero-order valence-corrected chi connectivity index (χ0v) is 40.4. The van der Waals surface area contributed by atoms with E-state index in [9.17, 15) is 0 Å². The highest BCUT2D eigenvalue weighted by molar-refractivity contribution is 5.84. The van der Waals surface area contributed by atoms with Crippen LogP contribution in [-0.4, -0.2) is 0 Å². The zero-order chi connectivity index (χ0) is 49.0. The van der Waals surface area contributed by atoms with E-state index in [0.717, 1.165) is 84.6 Å². The average molecular weight is 936 g/mol. The summed E-state index contributed by atoms with van der Waals surface area (Å²) in [4.78, 5) is 6.94. The van der Waals surface area contributed by atoms with Crippen molar-refractivity contribution < 1.29 is 0 Å². The van der Waals surface area contributed by atoms with Crippen LogP contribution in [0.4, 0.5) is 51.2 Å². The molecule has 0 spiro atoms. The van der Waals surface area contributed by atoms with Gasteiger partial charge in [0.2, 0.25) is 0 Å². The quantitative estimate of drug-likeness (QED) is 0.0949. The fourth-order valence-corrected chi connectivity index (χ4v) is 9.27. The summed E-state index contributed by atoms with van der Waals surface area (Å²) < 4.78 is 0. The van der Waals surface area contributed by atoms with Crippen molar-refractivity contribution in [3.8, 4) is 22.3 Å². The van der Waals surface area contributed by atoms with Crippen LogP contribution in [0.3, 0.4) is 0 Å². The number of para-hydroxylation sites is 3. The molecular weight excluding hydrogens is 883 g/mol. The van der Waals surface area contributed by atoms with Crippen molar-refractivity contribution in [2.45, 2.75) is 0 Å². The number of rotatable bonds is 15. The molecule has 0 N–H and O–H groups in total. The van der Waals surface area contributed by atoms with Crippen LogP contribution >= 0.6 is 0 Å². The molecule has 11 aromatic carbocycles. The molecule has 0 unspecified atom stereocenters. The summed E-state index contributed by atoms with van der Waals surface area (Å²) >= 11 is 0. The Morgan fingerprint density at radius 2 is 0.315 bits per heavy atom. The van der Waals surface area contributed by atoms with Crippen molar-refractivity contribution in [2.75, 3.05) is 14.7 Å². The van der Waals surface area contributed by atoms with Gasteiger partial charge in [0, 0.05) is 51.2 Å². The minimum Gasteiger partial charge on any atom is -0.311 e. The molecule has 11 rings (SSSR count). The maximum atomic E-state index is 2.32. The van der Waals surface area contributed by atoms with E-state index in [1.54, 1.807) is 0 Å². The highest BCUT2D eigenvalue weighted by atomic mass is 15.2. The molecule has 0 atom stereocenters. The van der Waals surface area contributed by atoms with Gasteiger partial charge in [0.25, 0.3) is 0 Å². The van der Waals surface area contributed by atoms with Crippen LogP contribution in [0.1, 0.15) is 22.3 Å². The predicted octanol–water partition coefficient (Wildman–Crippen LogP) is 19.8. The van der Waals surface area contributed by atoms with Gasteiger partial charge >= 0.3 is 0 Å². The van der Waals surface area contributed by atoms with Gasteiger partial charge in [-0.2, -0.15) is 0 Å². The number of anilines is 9. The molecule has 0 saturated carbocycles. The molecule has 0 heterocycles. The molecule has 0 aliphatic carbocycles. The van der Waals surface area contributed by atoms with E-state index < -0.39 is 0 Å². The standard InChI is InChI=1S/C70H53N3/c1-6-16-54(17-7-1)26-28-56-30-42-65(43-31-56)71(62-20-10-3-11-21-62)67-46-34-58(35-47-67)60-38-50-69(51-39-60)73(64-24-14-5-15-25-64)70-52-40-61(41-53-70)59-36-48-68(49-37-59)72(63-22-12-4-13-23-63)66-44-32-57(33-45-66)29-27-55-18-8-2-9-19-55/h1-53H/b28-26-,29-27?. The molecule has 0 saturated heterocycles. The summed E-state index contributed by atoms with van der Waals surface area (Å²) in [6.07, 6.45) is 8.63. The molecular formula is C70H53N3. The van der Waals surface area contributed by atoms with Crippen LogP contribution < -0.4 is 14.7 Å². The van der Waals surface area contributed by atoms with Gasteiger partial charge < -0.3 is 14.7 Å². The second kappa shape index (κ2) is 21.9. The molecule has 0 bridgehead atoms. The maximum Gasteiger partial charge on any atom is 0.0462 e. The first kappa shape index (κ1) is 45.7. The molecule has 0 fully saturated rings. The first-order valence-electron chi connectivity index (χ1n) is 24.8. The van der Waals surface area contributed by atoms with Crippen LogP contribution in [0.2, 0.25) is 0 Å². The molecule has 0 aliphatic heterocycles. The number of nitrogens with zero attached hydrogens (tertiary/aromatic N) is 3. The Morgan fingerprint density at radius 3 is 0.534 bits per heavy atom. The Kier molecular flexibility index (Phi) is 13.7. The number of hydrogen-bond donors (Lipinski definition) is 0. The average Bonchev–Trinajstić information content (AvgIpc) is 3.47. The highest BCUT2D eigenvalue weighted by Gasteiger charge is 2.16. The smallest absolute Gasteiger partial charge is 0.0462 e. The van der Waals surface area contributed by atoms with Crippen molar-refractivity contribution in [1.29, 1.82) is 0 Å². The van der Waals surface area contributed by atoms with Gasteiger partial charge in [-0.1, -0.05) is 212 Å². The first-order valence-corrected chi connectivity index (χ1v) is 24.8. The molecule has 73 heavy (non-hydrogen) atoms. The Bertz CT molecular complexity index is 3300. The van der Waals surface area contributed by atoms with Crippen LogP contribution in [0, 0.1) is 0 Å². The third-order valence-electron chi connectivity index (χ3n) is 13.1. The molecule has 0 aliphatic rings. The van der Waals surface area contributed by atoms with Crippen LogP contribution in [0.15, 0.2) is 297 Å². The first-order chi connectivity index (χ1) is 36.2. The van der Waals surface area contributed by atoms with E-state index in [-0.39, 0.29) is 0 Å². The van der Waals surface area contributed by atoms with Gasteiger partial charge in [-0.25, -0.2) is 0 Å². The summed E-state index contributed by atoms with van der Waals surface area (Å²) in [6.45, 7) is 0. The van der Waals surface area contributed by atoms with Crippen LogP contribution in [0.5, 0.6) is 0 Å². The van der Waals surface area contributed by atoms with Gasteiger partial charge in [-0.05, 0) is 154 Å². The topological polar surface area (TPSA) is 9.72 Å². The van der Waals surface area contributed by atoms with Crippen molar-refractivity contribution in [3.05, 3.63) is 320 Å². The van der Waals surface area contributed by atoms with Crippen molar-refractivity contribution in [3.63, 3.8) is 0 Å². The monoisotopic (exact) mass is 935 g/mol. The molecule has 0 radical (unpaired) electrons. The Balaban J connectivity index is 0.814. The van der Waals surface area contributed by atoms with E-state index in [2.05, 4.69) is 324 Å². The molecule has 3 nitrogen and oxygen atoms in total. The normalized spacial score (nSPS) is 11.2. The van der Waals surface area contributed by atoms with E-state index in [1.165, 1.54) is 11.1 Å². The fraction of sp³-hybridized carbons (Fsp3) is 0. The largest absolute Gasteiger partial charge is 0.311 e. The summed E-state index contributed by atoms with van der Waals surface area (Å²) in [7, 11) is 0. The van der Waals surface area contributed by atoms with Gasteiger partial charge in [0.1, 0.15) is 0 Å². The highest BCUT2D eigenvalue weighted by Crippen LogP contribution is 2.40. The third-order valence-corrected chi connectivity index (χ3v) is 13.1. The van der Waals surface area contributed by atoms with Crippen molar-refractivity contribution in [2.24, 2.45) is 0 Å². The lowest BCUT2D eigenvalue weighted by atomic mass is 10.0. The second-order valence-corrected chi connectivity index (χ2v) is 17.9. The third kappa shape index (κ3) is 10.9.